The van der Waals surface area contributed by atoms with E-state index in [1.54, 1.807) is 10.7 Å². The summed E-state index contributed by atoms with van der Waals surface area (Å²) in [7, 11) is 0. The van der Waals surface area contributed by atoms with E-state index < -0.39 is 10.6 Å². The molecule has 0 amide bonds. The lowest BCUT2D eigenvalue weighted by molar-refractivity contribution is -0.384. The zero-order valence-electron chi connectivity index (χ0n) is 16.8. The summed E-state index contributed by atoms with van der Waals surface area (Å²) in [6.45, 7) is 7.92. The molecule has 0 unspecified atom stereocenters. The third-order valence-corrected chi connectivity index (χ3v) is 4.97. The summed E-state index contributed by atoms with van der Waals surface area (Å²) in [6.07, 6.45) is 1.16. The Hall–Kier alpha value is -3.59. The molecule has 1 N–H and O–H groups in total. The predicted octanol–water partition coefficient (Wildman–Crippen LogP) is 4.75. The fourth-order valence-corrected chi connectivity index (χ4v) is 3.63. The van der Waals surface area contributed by atoms with E-state index in [0.29, 0.717) is 17.3 Å². The monoisotopic (exact) mass is 423 g/mol. The lowest BCUT2D eigenvalue weighted by Crippen LogP contribution is -2.08. The number of nitrogens with one attached hydrogen (secondary N) is 1. The highest BCUT2D eigenvalue weighted by Crippen LogP contribution is 2.32. The number of aryl methyl sites for hydroxylation is 4. The van der Waals surface area contributed by atoms with Crippen molar-refractivity contribution in [3.05, 3.63) is 68.2 Å². The number of benzene rings is 1. The van der Waals surface area contributed by atoms with Crippen molar-refractivity contribution >= 4 is 39.8 Å². The van der Waals surface area contributed by atoms with Crippen LogP contribution < -0.4 is 5.32 Å². The molecule has 30 heavy (non-hydrogen) atoms. The Morgan fingerprint density at radius 2 is 1.83 bits per heavy atom. The Morgan fingerprint density at radius 3 is 2.57 bits per heavy atom. The molecule has 1 aromatic carbocycles. The van der Waals surface area contributed by atoms with Crippen molar-refractivity contribution in [1.29, 1.82) is 0 Å². The first-order valence-electron chi connectivity index (χ1n) is 9.12. The lowest BCUT2D eigenvalue weighted by Gasteiger charge is -2.12. The SMILES string of the molecule is Cc1cc(C)c2nc(-n3nc(C)cc3Nc3ncnc(Cl)c3[N+](=O)[O-])cc(C)c2c1. The number of rotatable bonds is 4. The molecule has 0 radical (unpaired) electrons. The van der Waals surface area contributed by atoms with E-state index in [0.717, 1.165) is 28.4 Å². The average Bonchev–Trinajstić information content (AvgIpc) is 3.02. The Kier molecular flexibility index (Phi) is 4.83. The van der Waals surface area contributed by atoms with Crippen LogP contribution in [-0.4, -0.2) is 29.7 Å². The molecule has 152 valence electrons. The number of nitro groups is 1. The fraction of sp³-hybridized carbons (Fsp3) is 0.200. The quantitative estimate of drug-likeness (QED) is 0.286. The Bertz CT molecular complexity index is 1320. The van der Waals surface area contributed by atoms with Crippen LogP contribution in [0.2, 0.25) is 5.15 Å². The van der Waals surface area contributed by atoms with Gasteiger partial charge in [-0.15, -0.1) is 0 Å². The van der Waals surface area contributed by atoms with E-state index in [1.165, 1.54) is 5.56 Å². The van der Waals surface area contributed by atoms with Crippen molar-refractivity contribution in [2.75, 3.05) is 5.32 Å². The van der Waals surface area contributed by atoms with Crippen LogP contribution in [0.1, 0.15) is 22.4 Å². The number of nitrogens with zero attached hydrogens (tertiary/aromatic N) is 6. The van der Waals surface area contributed by atoms with Crippen molar-refractivity contribution in [2.45, 2.75) is 27.7 Å². The Balaban J connectivity index is 1.86. The first-order valence-corrected chi connectivity index (χ1v) is 9.50. The molecule has 0 aliphatic carbocycles. The minimum Gasteiger partial charge on any atom is -0.319 e. The van der Waals surface area contributed by atoms with Crippen molar-refractivity contribution < 1.29 is 4.92 Å². The van der Waals surface area contributed by atoms with E-state index in [1.807, 2.05) is 26.8 Å². The number of hydrogen-bond acceptors (Lipinski definition) is 7. The van der Waals surface area contributed by atoms with Gasteiger partial charge in [0.1, 0.15) is 12.1 Å². The van der Waals surface area contributed by atoms with Crippen LogP contribution in [0.15, 0.2) is 30.6 Å². The average molecular weight is 424 g/mol. The molecular formula is C20H18ClN7O2. The van der Waals surface area contributed by atoms with Crippen molar-refractivity contribution in [1.82, 2.24) is 24.7 Å². The van der Waals surface area contributed by atoms with Crippen LogP contribution in [0, 0.1) is 37.8 Å². The highest BCUT2D eigenvalue weighted by molar-refractivity contribution is 6.31. The van der Waals surface area contributed by atoms with Crippen molar-refractivity contribution in [3.63, 3.8) is 0 Å². The minimum absolute atomic E-state index is 0.0227. The molecule has 0 fully saturated rings. The smallest absolute Gasteiger partial charge is 0.319 e. The standard InChI is InChI=1S/C20H18ClN7O2/c1-10-5-12(3)17-14(6-10)11(2)7-15(24-17)27-16(8-13(4)26-27)25-20-18(28(29)30)19(21)22-9-23-20/h5-9H,1-4H3,(H,22,23,25). The first-order chi connectivity index (χ1) is 14.2. The normalized spacial score (nSPS) is 11.1. The van der Waals surface area contributed by atoms with Gasteiger partial charge in [0.15, 0.2) is 5.82 Å². The van der Waals surface area contributed by atoms with Gasteiger partial charge in [0.05, 0.1) is 16.1 Å². The number of anilines is 2. The van der Waals surface area contributed by atoms with Gasteiger partial charge in [-0.1, -0.05) is 23.2 Å². The molecule has 4 aromatic rings. The molecule has 0 spiro atoms. The largest absolute Gasteiger partial charge is 0.348 e. The summed E-state index contributed by atoms with van der Waals surface area (Å²) in [5.74, 6) is 1.04. The van der Waals surface area contributed by atoms with E-state index in [2.05, 4.69) is 39.4 Å². The van der Waals surface area contributed by atoms with Gasteiger partial charge in [-0.25, -0.2) is 15.0 Å². The van der Waals surface area contributed by atoms with Crippen molar-refractivity contribution in [2.24, 2.45) is 0 Å². The van der Waals surface area contributed by atoms with Crippen molar-refractivity contribution in [3.8, 4) is 5.82 Å². The molecule has 10 heteroatoms. The Morgan fingerprint density at radius 1 is 1.07 bits per heavy atom. The van der Waals surface area contributed by atoms with Crippen LogP contribution in [0.5, 0.6) is 0 Å². The van der Waals surface area contributed by atoms with Gasteiger partial charge in [-0.3, -0.25) is 10.1 Å². The van der Waals surface area contributed by atoms with Crippen LogP contribution in [0.25, 0.3) is 16.7 Å². The molecular weight excluding hydrogens is 406 g/mol. The van der Waals surface area contributed by atoms with Crippen LogP contribution >= 0.6 is 11.6 Å². The molecule has 9 nitrogen and oxygen atoms in total. The molecule has 4 rings (SSSR count). The number of fused-ring (bicyclic) bond motifs is 1. The summed E-state index contributed by atoms with van der Waals surface area (Å²) >= 11 is 5.90. The second-order valence-electron chi connectivity index (χ2n) is 7.10. The maximum Gasteiger partial charge on any atom is 0.348 e. The van der Waals surface area contributed by atoms with Gasteiger partial charge >= 0.3 is 5.69 Å². The second kappa shape index (κ2) is 7.34. The van der Waals surface area contributed by atoms with Crippen LogP contribution in [-0.2, 0) is 0 Å². The van der Waals surface area contributed by atoms with Crippen LogP contribution in [0.4, 0.5) is 17.3 Å². The molecule has 0 saturated carbocycles. The van der Waals surface area contributed by atoms with Gasteiger partial charge in [0.25, 0.3) is 0 Å². The highest BCUT2D eigenvalue weighted by atomic mass is 35.5. The van der Waals surface area contributed by atoms with Gasteiger partial charge in [-0.05, 0) is 51.0 Å². The fourth-order valence-electron chi connectivity index (χ4n) is 3.43. The predicted molar refractivity (Wildman–Crippen MR) is 115 cm³/mol. The first kappa shape index (κ1) is 19.7. The van der Waals surface area contributed by atoms with Crippen LogP contribution in [0.3, 0.4) is 0 Å². The highest BCUT2D eigenvalue weighted by Gasteiger charge is 2.23. The molecule has 3 aromatic heterocycles. The summed E-state index contributed by atoms with van der Waals surface area (Å²) < 4.78 is 1.60. The molecule has 0 aliphatic heterocycles. The maximum atomic E-state index is 11.4. The number of aromatic nitrogens is 5. The third kappa shape index (κ3) is 3.43. The summed E-state index contributed by atoms with van der Waals surface area (Å²) in [5, 5.41) is 19.7. The number of pyridine rings is 1. The van der Waals surface area contributed by atoms with Gasteiger partial charge in [-0.2, -0.15) is 9.78 Å². The molecule has 0 aliphatic rings. The number of halogens is 1. The maximum absolute atomic E-state index is 11.4. The van der Waals surface area contributed by atoms with Gasteiger partial charge in [0.2, 0.25) is 11.0 Å². The van der Waals surface area contributed by atoms with E-state index >= 15 is 0 Å². The number of hydrogen-bond donors (Lipinski definition) is 1. The van der Waals surface area contributed by atoms with E-state index in [-0.39, 0.29) is 11.0 Å². The second-order valence-corrected chi connectivity index (χ2v) is 7.46. The molecule has 0 bridgehead atoms. The lowest BCUT2D eigenvalue weighted by atomic mass is 10.0. The summed E-state index contributed by atoms with van der Waals surface area (Å²) in [6, 6.07) is 7.87. The summed E-state index contributed by atoms with van der Waals surface area (Å²) in [4.78, 5) is 23.3. The zero-order chi connectivity index (χ0) is 21.6. The Labute approximate surface area is 176 Å². The topological polar surface area (TPSA) is 112 Å². The van der Waals surface area contributed by atoms with Gasteiger partial charge in [0, 0.05) is 11.5 Å². The van der Waals surface area contributed by atoms with E-state index in [9.17, 15) is 10.1 Å². The molecule has 0 saturated heterocycles. The molecule has 3 heterocycles. The summed E-state index contributed by atoms with van der Waals surface area (Å²) in [5.41, 5.74) is 4.47. The third-order valence-electron chi connectivity index (χ3n) is 4.70. The molecule has 0 atom stereocenters. The van der Waals surface area contributed by atoms with E-state index in [4.69, 9.17) is 16.6 Å². The van der Waals surface area contributed by atoms with Gasteiger partial charge < -0.3 is 5.32 Å². The minimum atomic E-state index is -0.623. The zero-order valence-corrected chi connectivity index (χ0v) is 17.5.